The third-order valence-electron chi connectivity index (χ3n) is 1.62. The molecule has 0 spiro atoms. The van der Waals surface area contributed by atoms with Crippen LogP contribution in [0.4, 0.5) is 0 Å². The molecule has 58 valence electrons. The van der Waals surface area contributed by atoms with Gasteiger partial charge in [0.1, 0.15) is 0 Å². The molecule has 0 bridgehead atoms. The molecule has 2 nitrogen and oxygen atoms in total. The van der Waals surface area contributed by atoms with Crippen LogP contribution in [0.2, 0.25) is 0 Å². The smallest absolute Gasteiger partial charge is 0.0620 e. The van der Waals surface area contributed by atoms with Crippen LogP contribution in [0.15, 0.2) is 12.2 Å². The Balaban J connectivity index is 2.07. The molecule has 0 aromatic heterocycles. The molecule has 0 aromatic rings. The molecule has 1 atom stereocenters. The van der Waals surface area contributed by atoms with Crippen LogP contribution in [0.5, 0.6) is 0 Å². The molecular formula is C8H15NO. The minimum Gasteiger partial charge on any atom is -0.380 e. The molecule has 1 fully saturated rings. The summed E-state index contributed by atoms with van der Waals surface area (Å²) in [5.41, 5.74) is 1.19. The molecule has 0 aromatic carbocycles. The van der Waals surface area contributed by atoms with Gasteiger partial charge in [0, 0.05) is 19.2 Å². The molecule has 1 heterocycles. The van der Waals surface area contributed by atoms with Crippen molar-refractivity contribution in [1.82, 2.24) is 5.32 Å². The average Bonchev–Trinajstić information content (AvgIpc) is 2.34. The van der Waals surface area contributed by atoms with Gasteiger partial charge >= 0.3 is 0 Å². The topological polar surface area (TPSA) is 21.3 Å². The summed E-state index contributed by atoms with van der Waals surface area (Å²) in [6, 6.07) is 0.566. The molecule has 1 N–H and O–H groups in total. The van der Waals surface area contributed by atoms with Crippen LogP contribution in [0, 0.1) is 0 Å². The SMILES string of the molecule is C=C(C)CN[C@@H]1CCOC1. The van der Waals surface area contributed by atoms with Gasteiger partial charge in [0.25, 0.3) is 0 Å². The Morgan fingerprint density at radius 2 is 2.60 bits per heavy atom. The average molecular weight is 141 g/mol. The Morgan fingerprint density at radius 1 is 1.80 bits per heavy atom. The summed E-state index contributed by atoms with van der Waals surface area (Å²) in [4.78, 5) is 0. The number of rotatable bonds is 3. The van der Waals surface area contributed by atoms with Gasteiger partial charge in [0.15, 0.2) is 0 Å². The van der Waals surface area contributed by atoms with Crippen molar-refractivity contribution in [2.24, 2.45) is 0 Å². The fourth-order valence-electron chi connectivity index (χ4n) is 1.01. The second-order valence-corrected chi connectivity index (χ2v) is 2.90. The lowest BCUT2D eigenvalue weighted by Crippen LogP contribution is -2.30. The fraction of sp³-hybridized carbons (Fsp3) is 0.750. The van der Waals surface area contributed by atoms with Gasteiger partial charge in [0.05, 0.1) is 6.61 Å². The van der Waals surface area contributed by atoms with Gasteiger partial charge in [-0.1, -0.05) is 12.2 Å². The van der Waals surface area contributed by atoms with E-state index in [9.17, 15) is 0 Å². The third kappa shape index (κ3) is 2.50. The van der Waals surface area contributed by atoms with Crippen molar-refractivity contribution in [3.8, 4) is 0 Å². The van der Waals surface area contributed by atoms with Crippen molar-refractivity contribution in [3.05, 3.63) is 12.2 Å². The van der Waals surface area contributed by atoms with Crippen molar-refractivity contribution in [2.45, 2.75) is 19.4 Å². The predicted octanol–water partition coefficient (Wildman–Crippen LogP) is 0.941. The maximum absolute atomic E-state index is 5.20. The molecule has 1 rings (SSSR count). The van der Waals surface area contributed by atoms with Crippen LogP contribution in [-0.2, 0) is 4.74 Å². The molecule has 0 aliphatic carbocycles. The normalized spacial score (nSPS) is 25.1. The van der Waals surface area contributed by atoms with Gasteiger partial charge in [-0.25, -0.2) is 0 Å². The zero-order chi connectivity index (χ0) is 7.40. The Labute approximate surface area is 62.3 Å². The largest absolute Gasteiger partial charge is 0.380 e. The van der Waals surface area contributed by atoms with Crippen LogP contribution in [-0.4, -0.2) is 25.8 Å². The summed E-state index contributed by atoms with van der Waals surface area (Å²) in [5.74, 6) is 0. The highest BCUT2D eigenvalue weighted by molar-refractivity contribution is 4.92. The molecule has 1 aliphatic rings. The first-order valence-corrected chi connectivity index (χ1v) is 3.74. The van der Waals surface area contributed by atoms with E-state index in [1.54, 1.807) is 0 Å². The number of ether oxygens (including phenoxy) is 1. The summed E-state index contributed by atoms with van der Waals surface area (Å²) < 4.78 is 5.20. The minimum atomic E-state index is 0.566. The van der Waals surface area contributed by atoms with E-state index in [1.165, 1.54) is 5.57 Å². The highest BCUT2D eigenvalue weighted by Crippen LogP contribution is 2.02. The van der Waals surface area contributed by atoms with Crippen LogP contribution in [0.3, 0.4) is 0 Å². The lowest BCUT2D eigenvalue weighted by Gasteiger charge is -2.08. The van der Waals surface area contributed by atoms with E-state index in [0.717, 1.165) is 26.2 Å². The molecule has 1 aliphatic heterocycles. The number of hydrogen-bond donors (Lipinski definition) is 1. The van der Waals surface area contributed by atoms with E-state index < -0.39 is 0 Å². The van der Waals surface area contributed by atoms with Crippen molar-refractivity contribution in [2.75, 3.05) is 19.8 Å². The maximum atomic E-state index is 5.20. The quantitative estimate of drug-likeness (QED) is 0.591. The van der Waals surface area contributed by atoms with Crippen molar-refractivity contribution < 1.29 is 4.74 Å². The van der Waals surface area contributed by atoms with Gasteiger partial charge in [0.2, 0.25) is 0 Å². The highest BCUT2D eigenvalue weighted by Gasteiger charge is 2.13. The van der Waals surface area contributed by atoms with E-state index in [2.05, 4.69) is 11.9 Å². The molecule has 0 saturated carbocycles. The Morgan fingerprint density at radius 3 is 3.10 bits per heavy atom. The Hall–Kier alpha value is -0.340. The molecule has 1 saturated heterocycles. The second-order valence-electron chi connectivity index (χ2n) is 2.90. The fourth-order valence-corrected chi connectivity index (χ4v) is 1.01. The summed E-state index contributed by atoms with van der Waals surface area (Å²) in [7, 11) is 0. The van der Waals surface area contributed by atoms with Crippen molar-refractivity contribution >= 4 is 0 Å². The molecule has 2 heteroatoms. The van der Waals surface area contributed by atoms with Gasteiger partial charge in [-0.2, -0.15) is 0 Å². The Bertz CT molecular complexity index is 116. The minimum absolute atomic E-state index is 0.566. The monoisotopic (exact) mass is 141 g/mol. The second kappa shape index (κ2) is 3.74. The molecule has 0 amide bonds. The number of hydrogen-bond acceptors (Lipinski definition) is 2. The van der Waals surface area contributed by atoms with E-state index in [-0.39, 0.29) is 0 Å². The molecule has 0 radical (unpaired) electrons. The summed E-state index contributed by atoms with van der Waals surface area (Å²) in [6.07, 6.45) is 1.15. The van der Waals surface area contributed by atoms with Gasteiger partial charge in [-0.15, -0.1) is 0 Å². The first-order valence-electron chi connectivity index (χ1n) is 3.74. The van der Waals surface area contributed by atoms with E-state index in [0.29, 0.717) is 6.04 Å². The Kier molecular flexibility index (Phi) is 2.90. The highest BCUT2D eigenvalue weighted by atomic mass is 16.5. The van der Waals surface area contributed by atoms with Crippen LogP contribution in [0.1, 0.15) is 13.3 Å². The summed E-state index contributed by atoms with van der Waals surface area (Å²) in [5, 5.41) is 3.36. The lowest BCUT2D eigenvalue weighted by molar-refractivity contribution is 0.190. The van der Waals surface area contributed by atoms with Crippen molar-refractivity contribution in [1.29, 1.82) is 0 Å². The zero-order valence-electron chi connectivity index (χ0n) is 6.52. The van der Waals surface area contributed by atoms with Gasteiger partial charge in [-0.3, -0.25) is 0 Å². The van der Waals surface area contributed by atoms with Gasteiger partial charge < -0.3 is 10.1 Å². The van der Waals surface area contributed by atoms with Crippen LogP contribution in [0.25, 0.3) is 0 Å². The molecule has 0 unspecified atom stereocenters. The molecular weight excluding hydrogens is 126 g/mol. The molecule has 10 heavy (non-hydrogen) atoms. The van der Waals surface area contributed by atoms with Crippen LogP contribution >= 0.6 is 0 Å². The summed E-state index contributed by atoms with van der Waals surface area (Å²) >= 11 is 0. The van der Waals surface area contributed by atoms with Gasteiger partial charge in [-0.05, 0) is 13.3 Å². The predicted molar refractivity (Wildman–Crippen MR) is 42.0 cm³/mol. The zero-order valence-corrected chi connectivity index (χ0v) is 6.52. The van der Waals surface area contributed by atoms with Crippen molar-refractivity contribution in [3.63, 3.8) is 0 Å². The van der Waals surface area contributed by atoms with E-state index in [1.807, 2.05) is 6.92 Å². The van der Waals surface area contributed by atoms with Crippen LogP contribution < -0.4 is 5.32 Å². The summed E-state index contributed by atoms with van der Waals surface area (Å²) in [6.45, 7) is 8.55. The van der Waals surface area contributed by atoms with E-state index in [4.69, 9.17) is 4.74 Å². The third-order valence-corrected chi connectivity index (χ3v) is 1.62. The van der Waals surface area contributed by atoms with E-state index >= 15 is 0 Å². The standard InChI is InChI=1S/C8H15NO/c1-7(2)5-9-8-3-4-10-6-8/h8-9H,1,3-6H2,2H3/t8-/m1/s1. The first kappa shape index (κ1) is 7.76. The number of nitrogens with one attached hydrogen (secondary N) is 1. The lowest BCUT2D eigenvalue weighted by atomic mass is 10.2. The first-order chi connectivity index (χ1) is 4.79. The maximum Gasteiger partial charge on any atom is 0.0620 e.